The Bertz CT molecular complexity index is 1820. The number of aliphatic hydroxyl groups is 1. The highest BCUT2D eigenvalue weighted by Crippen LogP contribution is 2.46. The Balaban J connectivity index is 1.65. The van der Waals surface area contributed by atoms with Crippen molar-refractivity contribution >= 4 is 5.91 Å². The van der Waals surface area contributed by atoms with Gasteiger partial charge in [0, 0.05) is 25.9 Å². The van der Waals surface area contributed by atoms with Crippen LogP contribution in [0.2, 0.25) is 0 Å². The maximum Gasteiger partial charge on any atom is 0.471 e. The summed E-state index contributed by atoms with van der Waals surface area (Å²) in [4.78, 5) is 38.6. The van der Waals surface area contributed by atoms with Gasteiger partial charge in [0.2, 0.25) is 0 Å². The fourth-order valence-corrected chi connectivity index (χ4v) is 6.11. The van der Waals surface area contributed by atoms with Crippen LogP contribution in [0.25, 0.3) is 0 Å². The number of hydrogen-bond donors (Lipinski definition) is 3. The molecule has 1 saturated heterocycles. The van der Waals surface area contributed by atoms with Crippen molar-refractivity contribution in [3.8, 4) is 11.5 Å². The van der Waals surface area contributed by atoms with E-state index in [1.54, 1.807) is 48.5 Å². The Hall–Kier alpha value is -4.96. The molecule has 1 aliphatic rings. The van der Waals surface area contributed by atoms with Crippen LogP contribution in [0.3, 0.4) is 0 Å². The zero-order chi connectivity index (χ0) is 36.1. The van der Waals surface area contributed by atoms with E-state index in [1.165, 1.54) is 21.3 Å². The van der Waals surface area contributed by atoms with E-state index in [0.717, 1.165) is 16.8 Å². The molecule has 3 aromatic carbocycles. The van der Waals surface area contributed by atoms with E-state index >= 15 is 0 Å². The van der Waals surface area contributed by atoms with Gasteiger partial charge >= 0.3 is 17.8 Å². The highest BCUT2D eigenvalue weighted by atomic mass is 19.4. The van der Waals surface area contributed by atoms with Gasteiger partial charge in [-0.2, -0.15) is 13.2 Å². The number of carbonyl (C=O) groups excluding carboxylic acids is 1. The number of alkyl halides is 3. The summed E-state index contributed by atoms with van der Waals surface area (Å²) in [6, 6.07) is 24.3. The predicted molar refractivity (Wildman–Crippen MR) is 173 cm³/mol. The highest BCUT2D eigenvalue weighted by Gasteiger charge is 2.57. The normalized spacial score (nSPS) is 20.7. The molecule has 5 rings (SSSR count). The molecule has 0 bridgehead atoms. The lowest BCUT2D eigenvalue weighted by Gasteiger charge is -2.40. The van der Waals surface area contributed by atoms with Gasteiger partial charge in [-0.25, -0.2) is 4.79 Å². The van der Waals surface area contributed by atoms with E-state index in [0.29, 0.717) is 28.2 Å². The van der Waals surface area contributed by atoms with Crippen molar-refractivity contribution in [2.24, 2.45) is 0 Å². The third-order valence-corrected chi connectivity index (χ3v) is 8.68. The molecule has 12 nitrogen and oxygen atoms in total. The second-order valence-electron chi connectivity index (χ2n) is 11.5. The van der Waals surface area contributed by atoms with Gasteiger partial charge in [-0.3, -0.25) is 19.1 Å². The van der Waals surface area contributed by atoms with Crippen LogP contribution in [0.5, 0.6) is 11.5 Å². The molecule has 1 aliphatic heterocycles. The lowest BCUT2D eigenvalue weighted by molar-refractivity contribution is -0.176. The fraction of sp³-hybridized carbons (Fsp3) is 0.343. The Morgan fingerprint density at radius 2 is 1.46 bits per heavy atom. The average molecular weight is 700 g/mol. The standard InChI is InChI=1S/C35H36F3N3O9/c1-46-25-13-9-23(10-14-25)34(22-7-5-4-6-8-22,24-11-15-26(47-2)16-12-24)49-21-33(18-19-39-31(44)35(36,37)38)29(43)28(48-3)30(50-33)41-20-17-27(42)40-32(41)45/h4-17,20,28-30,43H,18-19,21H2,1-3H3,(H,39,44)(H,40,42,45)/t28-,29+,30-,33-/m1/s1. The van der Waals surface area contributed by atoms with Crippen LogP contribution >= 0.6 is 0 Å². The van der Waals surface area contributed by atoms with Crippen molar-refractivity contribution < 1.29 is 46.8 Å². The van der Waals surface area contributed by atoms with E-state index in [2.05, 4.69) is 4.98 Å². The Morgan fingerprint density at radius 1 is 0.900 bits per heavy atom. The summed E-state index contributed by atoms with van der Waals surface area (Å²) in [6.07, 6.45) is -8.69. The number of aromatic nitrogens is 2. The van der Waals surface area contributed by atoms with Crippen LogP contribution in [0.15, 0.2) is 101 Å². The van der Waals surface area contributed by atoms with Gasteiger partial charge in [0.25, 0.3) is 5.56 Å². The molecule has 0 saturated carbocycles. The van der Waals surface area contributed by atoms with Gasteiger partial charge in [-0.05, 0) is 47.4 Å². The molecular weight excluding hydrogens is 663 g/mol. The number of ether oxygens (including phenoxy) is 5. The molecule has 2 heterocycles. The maximum absolute atomic E-state index is 13.2. The monoisotopic (exact) mass is 699 g/mol. The molecule has 1 fully saturated rings. The first-order valence-electron chi connectivity index (χ1n) is 15.4. The zero-order valence-electron chi connectivity index (χ0n) is 27.3. The molecule has 1 amide bonds. The Morgan fingerprint density at radius 3 is 1.96 bits per heavy atom. The van der Waals surface area contributed by atoms with Gasteiger partial charge < -0.3 is 34.1 Å². The summed E-state index contributed by atoms with van der Waals surface area (Å²) in [5.41, 5.74) is -3.04. The summed E-state index contributed by atoms with van der Waals surface area (Å²) in [5.74, 6) is -1.06. The molecule has 0 unspecified atom stereocenters. The van der Waals surface area contributed by atoms with Crippen LogP contribution in [-0.2, 0) is 24.6 Å². The number of nitrogens with zero attached hydrogens (tertiary/aromatic N) is 1. The lowest BCUT2D eigenvalue weighted by atomic mass is 9.79. The number of nitrogens with one attached hydrogen (secondary N) is 2. The summed E-state index contributed by atoms with van der Waals surface area (Å²) >= 11 is 0. The van der Waals surface area contributed by atoms with Crippen molar-refractivity contribution in [3.05, 3.63) is 129 Å². The lowest BCUT2D eigenvalue weighted by Crippen LogP contribution is -2.52. The van der Waals surface area contributed by atoms with E-state index < -0.39 is 72.5 Å². The molecular formula is C35H36F3N3O9. The number of aliphatic hydroxyl groups excluding tert-OH is 1. The third-order valence-electron chi connectivity index (χ3n) is 8.68. The average Bonchev–Trinajstić information content (AvgIpc) is 3.39. The first-order valence-corrected chi connectivity index (χ1v) is 15.4. The van der Waals surface area contributed by atoms with E-state index in [1.807, 2.05) is 35.6 Å². The van der Waals surface area contributed by atoms with Crippen molar-refractivity contribution in [1.29, 1.82) is 0 Å². The van der Waals surface area contributed by atoms with E-state index in [-0.39, 0.29) is 0 Å². The molecule has 0 aliphatic carbocycles. The largest absolute Gasteiger partial charge is 0.497 e. The number of methoxy groups -OCH3 is 3. The topological polar surface area (TPSA) is 150 Å². The Kier molecular flexibility index (Phi) is 10.8. The van der Waals surface area contributed by atoms with E-state index in [4.69, 9.17) is 23.7 Å². The van der Waals surface area contributed by atoms with Gasteiger partial charge in [0.15, 0.2) is 6.23 Å². The van der Waals surface area contributed by atoms with Gasteiger partial charge in [-0.15, -0.1) is 0 Å². The van der Waals surface area contributed by atoms with Gasteiger partial charge in [-0.1, -0.05) is 54.6 Å². The second kappa shape index (κ2) is 14.9. The van der Waals surface area contributed by atoms with Crippen molar-refractivity contribution in [2.45, 2.75) is 42.2 Å². The third kappa shape index (κ3) is 7.16. The minimum Gasteiger partial charge on any atom is -0.497 e. The molecule has 1 aromatic heterocycles. The molecule has 266 valence electrons. The molecule has 0 spiro atoms. The van der Waals surface area contributed by atoms with Gasteiger partial charge in [0.1, 0.15) is 34.9 Å². The number of hydrogen-bond acceptors (Lipinski definition) is 9. The summed E-state index contributed by atoms with van der Waals surface area (Å²) in [6.45, 7) is -1.11. The number of benzene rings is 3. The fourth-order valence-electron chi connectivity index (χ4n) is 6.11. The Labute approximate surface area is 284 Å². The first kappa shape index (κ1) is 36.3. The van der Waals surface area contributed by atoms with Crippen molar-refractivity contribution in [3.63, 3.8) is 0 Å². The molecule has 4 aromatic rings. The molecule has 15 heteroatoms. The minimum absolute atomic E-state index is 0.416. The van der Waals surface area contributed by atoms with Crippen LogP contribution in [-0.4, -0.2) is 79.0 Å². The summed E-state index contributed by atoms with van der Waals surface area (Å²) in [5, 5.41) is 13.7. The van der Waals surface area contributed by atoms with Crippen LogP contribution < -0.4 is 26.0 Å². The van der Waals surface area contributed by atoms with Gasteiger partial charge in [0.05, 0.1) is 20.8 Å². The summed E-state index contributed by atoms with van der Waals surface area (Å²) in [7, 11) is 4.30. The highest BCUT2D eigenvalue weighted by molar-refractivity contribution is 5.81. The van der Waals surface area contributed by atoms with Crippen molar-refractivity contribution in [1.82, 2.24) is 14.9 Å². The minimum atomic E-state index is -5.16. The number of rotatable bonds is 13. The SMILES string of the molecule is COc1ccc(C(OC[C@@]2(CCNC(=O)C(F)(F)F)O[C@@H](n3ccc(=O)[nH]c3=O)[C@H](OC)[C@@H]2O)(c2ccccc2)c2ccc(OC)cc2)cc1. The maximum atomic E-state index is 13.2. The summed E-state index contributed by atoms with van der Waals surface area (Å²) < 4.78 is 70.1. The number of halogens is 3. The second-order valence-corrected chi connectivity index (χ2v) is 11.5. The molecule has 0 radical (unpaired) electrons. The molecule has 4 atom stereocenters. The smallest absolute Gasteiger partial charge is 0.471 e. The number of carbonyl (C=O) groups is 1. The quantitative estimate of drug-likeness (QED) is 0.179. The first-order chi connectivity index (χ1) is 23.9. The number of amides is 1. The van der Waals surface area contributed by atoms with Crippen LogP contribution in [0.1, 0.15) is 29.3 Å². The number of aromatic amines is 1. The number of H-pyrrole nitrogens is 1. The molecule has 50 heavy (non-hydrogen) atoms. The van der Waals surface area contributed by atoms with Crippen LogP contribution in [0.4, 0.5) is 13.2 Å². The van der Waals surface area contributed by atoms with E-state index in [9.17, 15) is 32.7 Å². The predicted octanol–water partition coefficient (Wildman–Crippen LogP) is 3.27. The van der Waals surface area contributed by atoms with Crippen molar-refractivity contribution in [2.75, 3.05) is 34.5 Å². The molecule has 3 N–H and O–H groups in total. The zero-order valence-corrected chi connectivity index (χ0v) is 27.3. The van der Waals surface area contributed by atoms with Crippen LogP contribution in [0, 0.1) is 0 Å².